The third-order valence-electron chi connectivity index (χ3n) is 5.35. The van der Waals surface area contributed by atoms with Gasteiger partial charge in [-0.3, -0.25) is 4.79 Å². The number of methoxy groups -OCH3 is 1. The zero-order valence-electron chi connectivity index (χ0n) is 15.9. The van der Waals surface area contributed by atoms with E-state index < -0.39 is 0 Å². The molecule has 0 spiro atoms. The molecule has 0 bridgehead atoms. The third kappa shape index (κ3) is 4.07. The summed E-state index contributed by atoms with van der Waals surface area (Å²) in [6.45, 7) is 1.52. The minimum atomic E-state index is 0.211. The van der Waals surface area contributed by atoms with E-state index in [9.17, 15) is 4.79 Å². The molecule has 2 aromatic carbocycles. The van der Waals surface area contributed by atoms with Gasteiger partial charge in [-0.15, -0.1) is 0 Å². The minimum absolute atomic E-state index is 0.211. The molecule has 1 aromatic heterocycles. The highest BCUT2D eigenvalue weighted by Gasteiger charge is 2.26. The molecule has 1 aliphatic rings. The number of halogens is 1. The van der Waals surface area contributed by atoms with E-state index in [0.717, 1.165) is 65.1 Å². The van der Waals surface area contributed by atoms with Crippen LogP contribution in [-0.4, -0.2) is 36.0 Å². The predicted octanol–water partition coefficient (Wildman–Crippen LogP) is 4.94. The molecule has 146 valence electrons. The van der Waals surface area contributed by atoms with Crippen molar-refractivity contribution in [2.24, 2.45) is 0 Å². The molecular formula is C22H23BrN2O3. The standard InChI is InChI=1S/C22H23BrN2O3/c1-27-19-8-6-15(14-17(19)23)7-9-21(26)25-12-10-16(11-13-25)22-24-18-4-2-3-5-20(18)28-22/h2-6,8,14,16H,7,9-13H2,1H3. The fourth-order valence-electron chi connectivity index (χ4n) is 3.72. The molecule has 1 fully saturated rings. The maximum absolute atomic E-state index is 12.6. The Balaban J connectivity index is 1.30. The Kier molecular flexibility index (Phi) is 5.67. The minimum Gasteiger partial charge on any atom is -0.496 e. The second kappa shape index (κ2) is 8.35. The predicted molar refractivity (Wildman–Crippen MR) is 112 cm³/mol. The Morgan fingerprint density at radius 2 is 2.04 bits per heavy atom. The van der Waals surface area contributed by atoms with E-state index in [-0.39, 0.29) is 11.8 Å². The van der Waals surface area contributed by atoms with Gasteiger partial charge in [0.15, 0.2) is 11.5 Å². The fraction of sp³-hybridized carbons (Fsp3) is 0.364. The van der Waals surface area contributed by atoms with Crippen LogP contribution in [0, 0.1) is 0 Å². The molecule has 2 heterocycles. The SMILES string of the molecule is COc1ccc(CCC(=O)N2CCC(c3nc4ccccc4o3)CC2)cc1Br. The van der Waals surface area contributed by atoms with E-state index in [4.69, 9.17) is 9.15 Å². The number of likely N-dealkylation sites (tertiary alicyclic amines) is 1. The number of oxazole rings is 1. The Hall–Kier alpha value is -2.34. The number of benzene rings is 2. The van der Waals surface area contributed by atoms with Gasteiger partial charge >= 0.3 is 0 Å². The van der Waals surface area contributed by atoms with Crippen LogP contribution in [0.25, 0.3) is 11.1 Å². The summed E-state index contributed by atoms with van der Waals surface area (Å²) in [5, 5.41) is 0. The van der Waals surface area contributed by atoms with Crippen molar-refractivity contribution >= 4 is 32.9 Å². The molecule has 6 heteroatoms. The van der Waals surface area contributed by atoms with Crippen LogP contribution in [0.15, 0.2) is 51.4 Å². The van der Waals surface area contributed by atoms with E-state index >= 15 is 0 Å². The van der Waals surface area contributed by atoms with Crippen molar-refractivity contribution in [1.29, 1.82) is 0 Å². The van der Waals surface area contributed by atoms with Gasteiger partial charge in [0.1, 0.15) is 11.3 Å². The average molecular weight is 443 g/mol. The van der Waals surface area contributed by atoms with Crippen molar-refractivity contribution in [2.75, 3.05) is 20.2 Å². The van der Waals surface area contributed by atoms with Crippen LogP contribution in [0.3, 0.4) is 0 Å². The molecule has 0 N–H and O–H groups in total. The number of para-hydroxylation sites is 2. The Morgan fingerprint density at radius 1 is 1.25 bits per heavy atom. The summed E-state index contributed by atoms with van der Waals surface area (Å²) in [6, 6.07) is 13.8. The number of aromatic nitrogens is 1. The molecule has 0 saturated carbocycles. The number of piperidine rings is 1. The summed E-state index contributed by atoms with van der Waals surface area (Å²) < 4.78 is 12.1. The van der Waals surface area contributed by atoms with Gasteiger partial charge in [0.2, 0.25) is 5.91 Å². The van der Waals surface area contributed by atoms with Gasteiger partial charge in [-0.25, -0.2) is 4.98 Å². The van der Waals surface area contributed by atoms with Crippen molar-refractivity contribution in [3.8, 4) is 5.75 Å². The second-order valence-corrected chi connectivity index (χ2v) is 8.00. The molecule has 4 rings (SSSR count). The molecule has 1 amide bonds. The lowest BCUT2D eigenvalue weighted by Gasteiger charge is -2.30. The topological polar surface area (TPSA) is 55.6 Å². The number of rotatable bonds is 5. The molecule has 0 atom stereocenters. The van der Waals surface area contributed by atoms with Crippen LogP contribution in [0.2, 0.25) is 0 Å². The quantitative estimate of drug-likeness (QED) is 0.561. The van der Waals surface area contributed by atoms with E-state index in [1.807, 2.05) is 47.4 Å². The van der Waals surface area contributed by atoms with Crippen LogP contribution in [0.1, 0.15) is 36.6 Å². The Bertz CT molecular complexity index is 944. The van der Waals surface area contributed by atoms with Crippen molar-refractivity contribution in [2.45, 2.75) is 31.6 Å². The van der Waals surface area contributed by atoms with E-state index in [1.54, 1.807) is 7.11 Å². The van der Waals surface area contributed by atoms with Gasteiger partial charge in [0.25, 0.3) is 0 Å². The largest absolute Gasteiger partial charge is 0.496 e. The number of carbonyl (C=O) groups excluding carboxylic acids is 1. The maximum Gasteiger partial charge on any atom is 0.222 e. The van der Waals surface area contributed by atoms with Crippen molar-refractivity contribution in [3.63, 3.8) is 0 Å². The normalized spacial score (nSPS) is 15.1. The molecular weight excluding hydrogens is 420 g/mol. The molecule has 0 aliphatic carbocycles. The third-order valence-corrected chi connectivity index (χ3v) is 5.97. The first kappa shape index (κ1) is 19.0. The number of aryl methyl sites for hydroxylation is 1. The summed E-state index contributed by atoms with van der Waals surface area (Å²) >= 11 is 3.50. The molecule has 1 saturated heterocycles. The van der Waals surface area contributed by atoms with Crippen LogP contribution < -0.4 is 4.74 Å². The number of carbonyl (C=O) groups is 1. The molecule has 1 aliphatic heterocycles. The highest BCUT2D eigenvalue weighted by Crippen LogP contribution is 2.30. The van der Waals surface area contributed by atoms with Gasteiger partial charge in [-0.05, 0) is 65.0 Å². The average Bonchev–Trinajstić information content (AvgIpc) is 3.16. The number of nitrogens with zero attached hydrogens (tertiary/aromatic N) is 2. The molecule has 3 aromatic rings. The van der Waals surface area contributed by atoms with Crippen LogP contribution in [0.4, 0.5) is 0 Å². The highest BCUT2D eigenvalue weighted by molar-refractivity contribution is 9.10. The first-order valence-electron chi connectivity index (χ1n) is 9.59. The Morgan fingerprint density at radius 3 is 2.75 bits per heavy atom. The number of hydrogen-bond acceptors (Lipinski definition) is 4. The van der Waals surface area contributed by atoms with Gasteiger partial charge in [0, 0.05) is 25.4 Å². The zero-order valence-corrected chi connectivity index (χ0v) is 17.4. The summed E-state index contributed by atoms with van der Waals surface area (Å²) in [6.07, 6.45) is 3.04. The molecule has 0 unspecified atom stereocenters. The molecule has 0 radical (unpaired) electrons. The molecule has 28 heavy (non-hydrogen) atoms. The van der Waals surface area contributed by atoms with E-state index in [1.165, 1.54) is 0 Å². The summed E-state index contributed by atoms with van der Waals surface area (Å²) in [5.41, 5.74) is 2.87. The monoisotopic (exact) mass is 442 g/mol. The van der Waals surface area contributed by atoms with Crippen molar-refractivity contribution in [3.05, 3.63) is 58.4 Å². The van der Waals surface area contributed by atoms with Gasteiger partial charge in [0.05, 0.1) is 11.6 Å². The lowest BCUT2D eigenvalue weighted by Crippen LogP contribution is -2.38. The van der Waals surface area contributed by atoms with Gasteiger partial charge in [-0.1, -0.05) is 18.2 Å². The van der Waals surface area contributed by atoms with Crippen LogP contribution in [0.5, 0.6) is 5.75 Å². The van der Waals surface area contributed by atoms with Crippen LogP contribution in [-0.2, 0) is 11.2 Å². The fourth-order valence-corrected chi connectivity index (χ4v) is 4.30. The summed E-state index contributed by atoms with van der Waals surface area (Å²) in [5.74, 6) is 2.10. The first-order chi connectivity index (χ1) is 13.6. The summed E-state index contributed by atoms with van der Waals surface area (Å²) in [7, 11) is 1.65. The smallest absolute Gasteiger partial charge is 0.222 e. The Labute approximate surface area is 172 Å². The number of fused-ring (bicyclic) bond motifs is 1. The first-order valence-corrected chi connectivity index (χ1v) is 10.4. The van der Waals surface area contributed by atoms with E-state index in [2.05, 4.69) is 20.9 Å². The van der Waals surface area contributed by atoms with Crippen molar-refractivity contribution in [1.82, 2.24) is 9.88 Å². The van der Waals surface area contributed by atoms with E-state index in [0.29, 0.717) is 6.42 Å². The summed E-state index contributed by atoms with van der Waals surface area (Å²) in [4.78, 5) is 19.2. The van der Waals surface area contributed by atoms with Crippen LogP contribution >= 0.6 is 15.9 Å². The lowest BCUT2D eigenvalue weighted by molar-refractivity contribution is -0.132. The van der Waals surface area contributed by atoms with Gasteiger partial charge < -0.3 is 14.1 Å². The lowest BCUT2D eigenvalue weighted by atomic mass is 9.96. The second-order valence-electron chi connectivity index (χ2n) is 7.14. The van der Waals surface area contributed by atoms with Crippen molar-refractivity contribution < 1.29 is 13.9 Å². The number of ether oxygens (including phenoxy) is 1. The number of amides is 1. The number of hydrogen-bond donors (Lipinski definition) is 0. The maximum atomic E-state index is 12.6. The zero-order chi connectivity index (χ0) is 19.5. The highest BCUT2D eigenvalue weighted by atomic mass is 79.9. The van der Waals surface area contributed by atoms with Gasteiger partial charge in [-0.2, -0.15) is 0 Å². The molecule has 5 nitrogen and oxygen atoms in total.